The van der Waals surface area contributed by atoms with Crippen molar-refractivity contribution < 1.29 is 9.59 Å². The summed E-state index contributed by atoms with van der Waals surface area (Å²) in [6.45, 7) is 2.46. The quantitative estimate of drug-likeness (QED) is 0.396. The summed E-state index contributed by atoms with van der Waals surface area (Å²) in [7, 11) is 0. The van der Waals surface area contributed by atoms with Crippen LogP contribution in [0.1, 0.15) is 26.2 Å². The average molecular weight is 227 g/mol. The van der Waals surface area contributed by atoms with Gasteiger partial charge in [-0.2, -0.15) is 0 Å². The van der Waals surface area contributed by atoms with E-state index in [0.717, 1.165) is 19.4 Å². The molecule has 1 aliphatic rings. The summed E-state index contributed by atoms with van der Waals surface area (Å²) in [5, 5.41) is 0. The highest BCUT2D eigenvalue weighted by atomic mass is 32.2. The predicted octanol–water partition coefficient (Wildman–Crippen LogP) is 2.04. The zero-order valence-electron chi connectivity index (χ0n) is 9.23. The van der Waals surface area contributed by atoms with Gasteiger partial charge in [-0.3, -0.25) is 9.10 Å². The van der Waals surface area contributed by atoms with Crippen molar-refractivity contribution in [2.45, 2.75) is 26.2 Å². The molecular weight excluding hydrogens is 210 g/mol. The van der Waals surface area contributed by atoms with Crippen molar-refractivity contribution in [3.05, 3.63) is 12.2 Å². The standard InChI is InChI=1S/C11H17NO2S/c1-9(13)6-4-3-5-7-10-8-12(15-2)11(10)14/h3,5,10H,4,6-8H2,1-2H3/b5-3+/t10-/m0/s1. The monoisotopic (exact) mass is 227 g/mol. The van der Waals surface area contributed by atoms with E-state index in [0.29, 0.717) is 6.42 Å². The second-order valence-corrected chi connectivity index (χ2v) is 4.53. The molecule has 0 spiro atoms. The number of rotatable bonds is 6. The fourth-order valence-electron chi connectivity index (χ4n) is 1.46. The van der Waals surface area contributed by atoms with E-state index in [1.54, 1.807) is 11.2 Å². The van der Waals surface area contributed by atoms with Crippen LogP contribution < -0.4 is 0 Å². The van der Waals surface area contributed by atoms with Gasteiger partial charge in [-0.15, -0.1) is 0 Å². The Bertz CT molecular complexity index is 276. The maximum atomic E-state index is 11.4. The van der Waals surface area contributed by atoms with Crippen LogP contribution in [0, 0.1) is 5.92 Å². The summed E-state index contributed by atoms with van der Waals surface area (Å²) < 4.78 is 1.77. The van der Waals surface area contributed by atoms with Crippen LogP contribution in [0.15, 0.2) is 12.2 Å². The SMILES string of the molecule is CSN1C[C@H](C/C=C/CCC(C)=O)C1=O. The fourth-order valence-corrected chi connectivity index (χ4v) is 2.12. The van der Waals surface area contributed by atoms with Gasteiger partial charge in [0.25, 0.3) is 0 Å². The van der Waals surface area contributed by atoms with Gasteiger partial charge in [0.2, 0.25) is 5.91 Å². The molecule has 0 radical (unpaired) electrons. The minimum absolute atomic E-state index is 0.172. The Morgan fingerprint density at radius 3 is 2.87 bits per heavy atom. The molecule has 1 saturated heterocycles. The topological polar surface area (TPSA) is 37.4 Å². The lowest BCUT2D eigenvalue weighted by Crippen LogP contribution is -2.47. The number of Topliss-reactive ketones (excluding diaryl/α,β-unsaturated/α-hetero) is 1. The number of amides is 1. The molecule has 1 amide bonds. The molecule has 0 aliphatic carbocycles. The molecule has 1 heterocycles. The smallest absolute Gasteiger partial charge is 0.237 e. The van der Waals surface area contributed by atoms with Crippen molar-refractivity contribution in [2.75, 3.05) is 12.8 Å². The molecule has 1 aliphatic heterocycles. The third-order valence-electron chi connectivity index (χ3n) is 2.45. The molecule has 3 nitrogen and oxygen atoms in total. The Balaban J connectivity index is 2.11. The number of nitrogens with zero attached hydrogens (tertiary/aromatic N) is 1. The van der Waals surface area contributed by atoms with Crippen LogP contribution >= 0.6 is 11.9 Å². The lowest BCUT2D eigenvalue weighted by molar-refractivity contribution is -0.139. The lowest BCUT2D eigenvalue weighted by Gasteiger charge is -2.35. The number of ketones is 1. The molecular formula is C11H17NO2S. The Labute approximate surface area is 95.0 Å². The molecule has 0 aromatic rings. The van der Waals surface area contributed by atoms with E-state index in [1.807, 2.05) is 18.4 Å². The van der Waals surface area contributed by atoms with Crippen LogP contribution in [-0.4, -0.2) is 28.8 Å². The van der Waals surface area contributed by atoms with E-state index in [-0.39, 0.29) is 17.6 Å². The molecule has 0 saturated carbocycles. The van der Waals surface area contributed by atoms with Gasteiger partial charge in [0, 0.05) is 19.2 Å². The van der Waals surface area contributed by atoms with Gasteiger partial charge in [-0.1, -0.05) is 24.1 Å². The van der Waals surface area contributed by atoms with E-state index >= 15 is 0 Å². The zero-order chi connectivity index (χ0) is 11.3. The highest BCUT2D eigenvalue weighted by Gasteiger charge is 2.34. The van der Waals surface area contributed by atoms with E-state index in [9.17, 15) is 9.59 Å². The molecule has 1 atom stereocenters. The number of allylic oxidation sites excluding steroid dienone is 2. The van der Waals surface area contributed by atoms with E-state index in [2.05, 4.69) is 0 Å². The van der Waals surface area contributed by atoms with Crippen molar-refractivity contribution in [3.63, 3.8) is 0 Å². The zero-order valence-corrected chi connectivity index (χ0v) is 10.0. The summed E-state index contributed by atoms with van der Waals surface area (Å²) in [5.41, 5.74) is 0. The molecule has 15 heavy (non-hydrogen) atoms. The number of β-lactam (4-membered cyclic amide) rings is 1. The minimum Gasteiger partial charge on any atom is -0.300 e. The molecule has 0 unspecified atom stereocenters. The van der Waals surface area contributed by atoms with Crippen molar-refractivity contribution in [1.29, 1.82) is 0 Å². The second-order valence-electron chi connectivity index (χ2n) is 3.73. The van der Waals surface area contributed by atoms with Crippen LogP contribution in [0.5, 0.6) is 0 Å². The van der Waals surface area contributed by atoms with E-state index in [1.165, 1.54) is 11.9 Å². The maximum absolute atomic E-state index is 11.4. The first-order valence-corrected chi connectivity index (χ1v) is 6.33. The first-order chi connectivity index (χ1) is 7.15. The fraction of sp³-hybridized carbons (Fsp3) is 0.636. The summed E-state index contributed by atoms with van der Waals surface area (Å²) in [6, 6.07) is 0. The molecule has 1 fully saturated rings. The van der Waals surface area contributed by atoms with Crippen molar-refractivity contribution >= 4 is 23.6 Å². The predicted molar refractivity (Wildman–Crippen MR) is 62.4 cm³/mol. The normalized spacial score (nSPS) is 20.8. The molecule has 0 bridgehead atoms. The van der Waals surface area contributed by atoms with Gasteiger partial charge in [-0.25, -0.2) is 0 Å². The molecule has 1 rings (SSSR count). The average Bonchev–Trinajstić information content (AvgIpc) is 2.20. The minimum atomic E-state index is 0.172. The highest BCUT2D eigenvalue weighted by molar-refractivity contribution is 7.96. The Morgan fingerprint density at radius 1 is 1.60 bits per heavy atom. The van der Waals surface area contributed by atoms with Crippen molar-refractivity contribution in [1.82, 2.24) is 4.31 Å². The van der Waals surface area contributed by atoms with Gasteiger partial charge in [0.05, 0.1) is 5.92 Å². The van der Waals surface area contributed by atoms with Crippen molar-refractivity contribution in [3.8, 4) is 0 Å². The molecule has 84 valence electrons. The molecule has 0 aromatic heterocycles. The summed E-state index contributed by atoms with van der Waals surface area (Å²) in [4.78, 5) is 22.0. The third-order valence-corrected chi connectivity index (χ3v) is 3.22. The highest BCUT2D eigenvalue weighted by Crippen LogP contribution is 2.26. The van der Waals surface area contributed by atoms with Crippen LogP contribution in [0.25, 0.3) is 0 Å². The van der Waals surface area contributed by atoms with Gasteiger partial charge in [0.1, 0.15) is 5.78 Å². The maximum Gasteiger partial charge on any atom is 0.237 e. The lowest BCUT2D eigenvalue weighted by atomic mass is 9.97. The van der Waals surface area contributed by atoms with Crippen LogP contribution in [-0.2, 0) is 9.59 Å². The Hall–Kier alpha value is -0.770. The molecule has 4 heteroatoms. The molecule has 0 N–H and O–H groups in total. The summed E-state index contributed by atoms with van der Waals surface area (Å²) in [6.07, 6.45) is 8.14. The van der Waals surface area contributed by atoms with Gasteiger partial charge in [-0.05, 0) is 19.8 Å². The van der Waals surface area contributed by atoms with E-state index in [4.69, 9.17) is 0 Å². The van der Waals surface area contributed by atoms with Crippen molar-refractivity contribution in [2.24, 2.45) is 5.92 Å². The molecule has 0 aromatic carbocycles. The van der Waals surface area contributed by atoms with Gasteiger partial charge in [0.15, 0.2) is 0 Å². The third kappa shape index (κ3) is 3.70. The first-order valence-electron chi connectivity index (χ1n) is 5.15. The van der Waals surface area contributed by atoms with Crippen LogP contribution in [0.4, 0.5) is 0 Å². The van der Waals surface area contributed by atoms with Gasteiger partial charge < -0.3 is 4.79 Å². The number of carbonyl (C=O) groups is 2. The van der Waals surface area contributed by atoms with E-state index < -0.39 is 0 Å². The van der Waals surface area contributed by atoms with Gasteiger partial charge >= 0.3 is 0 Å². The second kappa shape index (κ2) is 5.95. The Kier molecular flexibility index (Phi) is 4.88. The number of hydrogen-bond donors (Lipinski definition) is 0. The number of carbonyl (C=O) groups excluding carboxylic acids is 2. The van der Waals surface area contributed by atoms with Crippen LogP contribution in [0.3, 0.4) is 0 Å². The summed E-state index contributed by atoms with van der Waals surface area (Å²) in [5.74, 6) is 0.623. The number of hydrogen-bond acceptors (Lipinski definition) is 3. The largest absolute Gasteiger partial charge is 0.300 e. The summed E-state index contributed by atoms with van der Waals surface area (Å²) >= 11 is 1.49. The van der Waals surface area contributed by atoms with Crippen LogP contribution in [0.2, 0.25) is 0 Å². The first kappa shape index (κ1) is 12.3. The Morgan fingerprint density at radius 2 is 2.33 bits per heavy atom.